The first-order chi connectivity index (χ1) is 8.93. The van der Waals surface area contributed by atoms with Gasteiger partial charge in [0.1, 0.15) is 4.90 Å². The Morgan fingerprint density at radius 1 is 1.21 bits per heavy atom. The van der Waals surface area contributed by atoms with E-state index in [2.05, 4.69) is 0 Å². The molecule has 1 rings (SSSR count). The minimum atomic E-state index is -3.66. The predicted octanol–water partition coefficient (Wildman–Crippen LogP) is 4.02. The molecule has 0 radical (unpaired) electrons. The van der Waals surface area contributed by atoms with Gasteiger partial charge in [-0.1, -0.05) is 36.5 Å². The first kappa shape index (κ1) is 17.1. The molecule has 1 aromatic carbocycles. The van der Waals surface area contributed by atoms with Gasteiger partial charge in [0.05, 0.1) is 5.02 Å². The molecule has 0 aliphatic carbocycles. The summed E-state index contributed by atoms with van der Waals surface area (Å²) in [6.07, 6.45) is 1.67. The number of hydrogen-bond donors (Lipinski definition) is 0. The second kappa shape index (κ2) is 7.70. The van der Waals surface area contributed by atoms with Crippen LogP contribution in [0.1, 0.15) is 19.8 Å². The third-order valence-electron chi connectivity index (χ3n) is 2.61. The normalized spacial score (nSPS) is 12.1. The van der Waals surface area contributed by atoms with E-state index in [1.165, 1.54) is 16.4 Å². The predicted molar refractivity (Wildman–Crippen MR) is 80.8 cm³/mol. The van der Waals surface area contributed by atoms with Gasteiger partial charge in [-0.3, -0.25) is 0 Å². The molecule has 108 valence electrons. The van der Waals surface area contributed by atoms with Crippen molar-refractivity contribution in [1.82, 2.24) is 4.31 Å². The summed E-state index contributed by atoms with van der Waals surface area (Å²) in [4.78, 5) is 0.0305. The van der Waals surface area contributed by atoms with Crippen molar-refractivity contribution in [2.75, 3.05) is 19.0 Å². The fourth-order valence-corrected chi connectivity index (χ4v) is 4.12. The Labute approximate surface area is 129 Å². The lowest BCUT2D eigenvalue weighted by atomic mass is 10.3. The number of unbranched alkanes of at least 4 members (excludes halogenated alkanes) is 1. The monoisotopic (exact) mass is 343 g/mol. The minimum Gasteiger partial charge on any atom is -0.207 e. The molecule has 0 aliphatic heterocycles. The maximum Gasteiger partial charge on any atom is 0.244 e. The first-order valence-electron chi connectivity index (χ1n) is 5.94. The average Bonchev–Trinajstić information content (AvgIpc) is 2.37. The van der Waals surface area contributed by atoms with E-state index in [1.807, 2.05) is 6.92 Å². The van der Waals surface area contributed by atoms with E-state index in [0.29, 0.717) is 11.6 Å². The highest BCUT2D eigenvalue weighted by atomic mass is 35.5. The Bertz CT molecular complexity index is 520. The summed E-state index contributed by atoms with van der Waals surface area (Å²) in [5, 5.41) is 0.504. The summed E-state index contributed by atoms with van der Waals surface area (Å²) in [6.45, 7) is 2.68. The van der Waals surface area contributed by atoms with Gasteiger partial charge in [-0.25, -0.2) is 8.42 Å². The van der Waals surface area contributed by atoms with Gasteiger partial charge in [0, 0.05) is 24.0 Å². The zero-order chi connectivity index (χ0) is 14.5. The molecule has 1 aromatic rings. The number of hydrogen-bond acceptors (Lipinski definition) is 2. The minimum absolute atomic E-state index is 0.0305. The van der Waals surface area contributed by atoms with E-state index in [9.17, 15) is 8.42 Å². The zero-order valence-electron chi connectivity index (χ0n) is 10.6. The van der Waals surface area contributed by atoms with Gasteiger partial charge in [-0.05, 0) is 24.6 Å². The van der Waals surface area contributed by atoms with Crippen LogP contribution < -0.4 is 0 Å². The Balaban J connectivity index is 3.14. The Morgan fingerprint density at radius 3 is 2.47 bits per heavy atom. The van der Waals surface area contributed by atoms with Crippen LogP contribution in [0.5, 0.6) is 0 Å². The average molecular weight is 345 g/mol. The van der Waals surface area contributed by atoms with Gasteiger partial charge in [0.15, 0.2) is 0 Å². The third kappa shape index (κ3) is 4.50. The summed E-state index contributed by atoms with van der Waals surface area (Å²) >= 11 is 17.5. The van der Waals surface area contributed by atoms with E-state index in [1.54, 1.807) is 6.07 Å². The van der Waals surface area contributed by atoms with Crippen LogP contribution in [-0.2, 0) is 10.0 Å². The molecular formula is C12H16Cl3NO2S. The SMILES string of the molecule is CCCCN(CCCl)S(=O)(=O)c1cc(Cl)ccc1Cl. The Hall–Kier alpha value is -0.000000000000000111. The molecule has 0 heterocycles. The van der Waals surface area contributed by atoms with E-state index in [-0.39, 0.29) is 22.3 Å². The van der Waals surface area contributed by atoms with Crippen LogP contribution >= 0.6 is 34.8 Å². The number of rotatable bonds is 7. The van der Waals surface area contributed by atoms with E-state index < -0.39 is 10.0 Å². The molecule has 0 saturated carbocycles. The molecule has 0 saturated heterocycles. The molecule has 0 N–H and O–H groups in total. The lowest BCUT2D eigenvalue weighted by Gasteiger charge is -2.21. The maximum atomic E-state index is 12.5. The number of halogens is 3. The highest BCUT2D eigenvalue weighted by molar-refractivity contribution is 7.89. The Kier molecular flexibility index (Phi) is 6.91. The van der Waals surface area contributed by atoms with E-state index in [0.717, 1.165) is 12.8 Å². The van der Waals surface area contributed by atoms with Gasteiger partial charge >= 0.3 is 0 Å². The third-order valence-corrected chi connectivity index (χ3v) is 5.39. The molecule has 0 bridgehead atoms. The van der Waals surface area contributed by atoms with Crippen LogP contribution in [-0.4, -0.2) is 31.7 Å². The van der Waals surface area contributed by atoms with Crippen molar-refractivity contribution in [1.29, 1.82) is 0 Å². The molecule has 0 aromatic heterocycles. The quantitative estimate of drug-likeness (QED) is 0.700. The second-order valence-corrected chi connectivity index (χ2v) is 7.15. The van der Waals surface area contributed by atoms with Crippen molar-refractivity contribution in [3.8, 4) is 0 Å². The number of benzene rings is 1. The fourth-order valence-electron chi connectivity index (χ4n) is 1.59. The van der Waals surface area contributed by atoms with Crippen molar-refractivity contribution in [2.24, 2.45) is 0 Å². The molecule has 0 spiro atoms. The van der Waals surface area contributed by atoms with Crippen LogP contribution in [0.4, 0.5) is 0 Å². The second-order valence-electron chi connectivity index (χ2n) is 4.02. The summed E-state index contributed by atoms with van der Waals surface area (Å²) < 4.78 is 26.4. The molecule has 0 fully saturated rings. The van der Waals surface area contributed by atoms with Crippen molar-refractivity contribution in [3.05, 3.63) is 28.2 Å². The number of nitrogens with zero attached hydrogens (tertiary/aromatic N) is 1. The zero-order valence-corrected chi connectivity index (χ0v) is 13.7. The van der Waals surface area contributed by atoms with Gasteiger partial charge in [0.25, 0.3) is 0 Å². The van der Waals surface area contributed by atoms with Crippen molar-refractivity contribution in [2.45, 2.75) is 24.7 Å². The summed E-state index contributed by atoms with van der Waals surface area (Å²) in [5.74, 6) is 0.237. The first-order valence-corrected chi connectivity index (χ1v) is 8.67. The van der Waals surface area contributed by atoms with E-state index in [4.69, 9.17) is 34.8 Å². The van der Waals surface area contributed by atoms with Crippen LogP contribution in [0.2, 0.25) is 10.0 Å². The van der Waals surface area contributed by atoms with Gasteiger partial charge in [0.2, 0.25) is 10.0 Å². The van der Waals surface area contributed by atoms with Gasteiger partial charge in [-0.15, -0.1) is 11.6 Å². The largest absolute Gasteiger partial charge is 0.244 e. The van der Waals surface area contributed by atoms with Crippen molar-refractivity contribution >= 4 is 44.8 Å². The summed E-state index contributed by atoms with van der Waals surface area (Å²) in [5.41, 5.74) is 0. The van der Waals surface area contributed by atoms with E-state index >= 15 is 0 Å². The molecule has 3 nitrogen and oxygen atoms in total. The summed E-state index contributed by atoms with van der Waals surface area (Å²) in [6, 6.07) is 4.41. The number of sulfonamides is 1. The van der Waals surface area contributed by atoms with Crippen LogP contribution in [0.3, 0.4) is 0 Å². The molecule has 0 amide bonds. The van der Waals surface area contributed by atoms with Crippen LogP contribution in [0.15, 0.2) is 23.1 Å². The maximum absolute atomic E-state index is 12.5. The molecule has 0 aliphatic rings. The highest BCUT2D eigenvalue weighted by Crippen LogP contribution is 2.27. The van der Waals surface area contributed by atoms with Gasteiger partial charge in [-0.2, -0.15) is 4.31 Å². The standard InChI is InChI=1S/C12H16Cl3NO2S/c1-2-3-7-16(8-6-13)19(17,18)12-9-10(14)4-5-11(12)15/h4-5,9H,2-3,6-8H2,1H3. The molecule has 0 atom stereocenters. The fraction of sp³-hybridized carbons (Fsp3) is 0.500. The molecule has 0 unspecified atom stereocenters. The topological polar surface area (TPSA) is 37.4 Å². The summed E-state index contributed by atoms with van der Waals surface area (Å²) in [7, 11) is -3.66. The molecule has 19 heavy (non-hydrogen) atoms. The van der Waals surface area contributed by atoms with Crippen molar-refractivity contribution < 1.29 is 8.42 Å². The highest BCUT2D eigenvalue weighted by Gasteiger charge is 2.26. The Morgan fingerprint density at radius 2 is 1.89 bits per heavy atom. The molecule has 7 heteroatoms. The lowest BCUT2D eigenvalue weighted by molar-refractivity contribution is 0.420. The van der Waals surface area contributed by atoms with Crippen LogP contribution in [0, 0.1) is 0 Å². The number of alkyl halides is 1. The van der Waals surface area contributed by atoms with Crippen molar-refractivity contribution in [3.63, 3.8) is 0 Å². The smallest absolute Gasteiger partial charge is 0.207 e. The van der Waals surface area contributed by atoms with Gasteiger partial charge < -0.3 is 0 Å². The molecular weight excluding hydrogens is 329 g/mol. The lowest BCUT2D eigenvalue weighted by Crippen LogP contribution is -2.33. The van der Waals surface area contributed by atoms with Crippen LogP contribution in [0.25, 0.3) is 0 Å².